The van der Waals surface area contributed by atoms with E-state index in [-0.39, 0.29) is 29.9 Å². The Morgan fingerprint density at radius 3 is 2.28 bits per heavy atom. The largest absolute Gasteiger partial charge is 0.380 e. The zero-order chi connectivity index (χ0) is 20.4. The lowest BCUT2D eigenvalue weighted by molar-refractivity contribution is 0.0827. The molecule has 2 rings (SSSR count). The molecule has 0 bridgehead atoms. The van der Waals surface area contributed by atoms with E-state index in [2.05, 4.69) is 27.8 Å². The van der Waals surface area contributed by atoms with Crippen LogP contribution in [0.2, 0.25) is 0 Å². The molecule has 0 aliphatic heterocycles. The normalized spacial score (nSPS) is 10.8. The summed E-state index contributed by atoms with van der Waals surface area (Å²) < 4.78 is 5.27. The molecule has 0 spiro atoms. The highest BCUT2D eigenvalue weighted by molar-refractivity contribution is 14.0. The van der Waals surface area contributed by atoms with Gasteiger partial charge in [0.2, 0.25) is 0 Å². The lowest BCUT2D eigenvalue weighted by Gasteiger charge is -2.14. The van der Waals surface area contributed by atoms with E-state index in [4.69, 9.17) is 4.74 Å². The number of guanidine groups is 1. The molecule has 7 heteroatoms. The summed E-state index contributed by atoms with van der Waals surface area (Å²) in [7, 11) is 5.20. The second-order valence-electron chi connectivity index (χ2n) is 6.65. The fourth-order valence-electron chi connectivity index (χ4n) is 2.73. The average Bonchev–Trinajstić information content (AvgIpc) is 2.71. The summed E-state index contributed by atoms with van der Waals surface area (Å²) in [6.45, 7) is 4.61. The molecule has 29 heavy (non-hydrogen) atoms. The number of halogens is 1. The number of carbonyl (C=O) groups is 1. The van der Waals surface area contributed by atoms with Crippen molar-refractivity contribution in [2.45, 2.75) is 26.6 Å². The Balaban J connectivity index is 0.00000420. The molecule has 0 saturated heterocycles. The van der Waals surface area contributed by atoms with Crippen LogP contribution in [0.5, 0.6) is 0 Å². The minimum absolute atomic E-state index is 0. The van der Waals surface area contributed by atoms with E-state index in [1.54, 1.807) is 26.1 Å². The second kappa shape index (κ2) is 13.2. The van der Waals surface area contributed by atoms with Crippen LogP contribution in [0.3, 0.4) is 0 Å². The number of aliphatic imine (C=N–C) groups is 1. The van der Waals surface area contributed by atoms with Gasteiger partial charge in [-0.1, -0.05) is 36.4 Å². The van der Waals surface area contributed by atoms with Gasteiger partial charge in [-0.05, 0) is 35.7 Å². The molecule has 2 aromatic rings. The highest BCUT2D eigenvalue weighted by Crippen LogP contribution is 2.10. The third-order valence-electron chi connectivity index (χ3n) is 4.24. The number of ether oxygens (including phenoxy) is 1. The highest BCUT2D eigenvalue weighted by atomic mass is 127. The first-order valence-corrected chi connectivity index (χ1v) is 9.43. The van der Waals surface area contributed by atoms with Crippen molar-refractivity contribution in [3.05, 3.63) is 70.8 Å². The van der Waals surface area contributed by atoms with Crippen molar-refractivity contribution in [1.29, 1.82) is 0 Å². The topological polar surface area (TPSA) is 66.0 Å². The SMILES string of the molecule is CCNC(=NCc1ccc(C(=O)N(C)C)cc1)NCc1ccccc1COC.I. The molecule has 0 aromatic heterocycles. The molecular weight excluding hydrogens is 479 g/mol. The maximum atomic E-state index is 12.0. The first-order chi connectivity index (χ1) is 13.5. The van der Waals surface area contributed by atoms with Crippen molar-refractivity contribution in [2.24, 2.45) is 4.99 Å². The highest BCUT2D eigenvalue weighted by Gasteiger charge is 2.07. The number of hydrogen-bond donors (Lipinski definition) is 2. The minimum atomic E-state index is -0.000203. The Morgan fingerprint density at radius 2 is 1.69 bits per heavy atom. The molecule has 1 amide bonds. The Labute approximate surface area is 190 Å². The van der Waals surface area contributed by atoms with Crippen LogP contribution < -0.4 is 10.6 Å². The average molecular weight is 510 g/mol. The van der Waals surface area contributed by atoms with Gasteiger partial charge in [-0.3, -0.25) is 4.79 Å². The second-order valence-corrected chi connectivity index (χ2v) is 6.65. The fraction of sp³-hybridized carbons (Fsp3) is 0.364. The molecule has 0 radical (unpaired) electrons. The van der Waals surface area contributed by atoms with Crippen molar-refractivity contribution >= 4 is 35.8 Å². The van der Waals surface area contributed by atoms with Gasteiger partial charge in [0, 0.05) is 39.9 Å². The molecular formula is C22H31IN4O2. The van der Waals surface area contributed by atoms with Gasteiger partial charge in [-0.15, -0.1) is 24.0 Å². The molecule has 2 aromatic carbocycles. The molecule has 0 heterocycles. The minimum Gasteiger partial charge on any atom is -0.380 e. The fourth-order valence-corrected chi connectivity index (χ4v) is 2.73. The number of methoxy groups -OCH3 is 1. The number of benzene rings is 2. The molecule has 0 unspecified atom stereocenters. The van der Waals surface area contributed by atoms with Crippen LogP contribution in [0.4, 0.5) is 0 Å². The predicted molar refractivity (Wildman–Crippen MR) is 129 cm³/mol. The van der Waals surface area contributed by atoms with Crippen LogP contribution in [-0.2, 0) is 24.4 Å². The Bertz CT molecular complexity index is 792. The quantitative estimate of drug-likeness (QED) is 0.325. The Morgan fingerprint density at radius 1 is 1.03 bits per heavy atom. The summed E-state index contributed by atoms with van der Waals surface area (Å²) in [5, 5.41) is 6.64. The number of nitrogens with zero attached hydrogens (tertiary/aromatic N) is 2. The molecule has 0 fully saturated rings. The van der Waals surface area contributed by atoms with Crippen LogP contribution in [0.1, 0.15) is 34.0 Å². The van der Waals surface area contributed by atoms with Gasteiger partial charge in [0.1, 0.15) is 0 Å². The van der Waals surface area contributed by atoms with Crippen molar-refractivity contribution < 1.29 is 9.53 Å². The first-order valence-electron chi connectivity index (χ1n) is 9.43. The van der Waals surface area contributed by atoms with Crippen LogP contribution in [0.15, 0.2) is 53.5 Å². The third kappa shape index (κ3) is 8.02. The molecule has 158 valence electrons. The summed E-state index contributed by atoms with van der Waals surface area (Å²) in [5.41, 5.74) is 4.07. The van der Waals surface area contributed by atoms with E-state index in [0.717, 1.165) is 23.6 Å². The molecule has 0 aliphatic rings. The summed E-state index contributed by atoms with van der Waals surface area (Å²) in [4.78, 5) is 18.2. The Kier molecular flexibility index (Phi) is 11.3. The van der Waals surface area contributed by atoms with Gasteiger partial charge < -0.3 is 20.3 Å². The smallest absolute Gasteiger partial charge is 0.253 e. The van der Waals surface area contributed by atoms with Gasteiger partial charge in [0.15, 0.2) is 5.96 Å². The lowest BCUT2D eigenvalue weighted by atomic mass is 10.1. The summed E-state index contributed by atoms with van der Waals surface area (Å²) in [6.07, 6.45) is 0. The van der Waals surface area contributed by atoms with Gasteiger partial charge in [-0.25, -0.2) is 4.99 Å². The van der Waals surface area contributed by atoms with Crippen LogP contribution >= 0.6 is 24.0 Å². The molecule has 2 N–H and O–H groups in total. The number of hydrogen-bond acceptors (Lipinski definition) is 3. The summed E-state index contributed by atoms with van der Waals surface area (Å²) in [5.74, 6) is 0.753. The summed E-state index contributed by atoms with van der Waals surface area (Å²) in [6, 6.07) is 15.8. The van der Waals surface area contributed by atoms with E-state index in [1.807, 2.05) is 43.3 Å². The van der Waals surface area contributed by atoms with Gasteiger partial charge in [0.25, 0.3) is 5.91 Å². The van der Waals surface area contributed by atoms with E-state index in [9.17, 15) is 4.79 Å². The van der Waals surface area contributed by atoms with Crippen molar-refractivity contribution in [1.82, 2.24) is 15.5 Å². The number of carbonyl (C=O) groups excluding carboxylic acids is 1. The number of nitrogens with one attached hydrogen (secondary N) is 2. The number of amides is 1. The first kappa shape index (κ1) is 24.9. The monoisotopic (exact) mass is 510 g/mol. The van der Waals surface area contributed by atoms with E-state index in [0.29, 0.717) is 25.3 Å². The van der Waals surface area contributed by atoms with E-state index < -0.39 is 0 Å². The zero-order valence-electron chi connectivity index (χ0n) is 17.6. The third-order valence-corrected chi connectivity index (χ3v) is 4.24. The maximum Gasteiger partial charge on any atom is 0.253 e. The lowest BCUT2D eigenvalue weighted by Crippen LogP contribution is -2.37. The van der Waals surface area contributed by atoms with E-state index >= 15 is 0 Å². The van der Waals surface area contributed by atoms with E-state index in [1.165, 1.54) is 5.56 Å². The predicted octanol–water partition coefficient (Wildman–Crippen LogP) is 3.41. The molecule has 0 atom stereocenters. The van der Waals surface area contributed by atoms with Crippen molar-refractivity contribution in [2.75, 3.05) is 27.7 Å². The maximum absolute atomic E-state index is 12.0. The van der Waals surface area contributed by atoms with Crippen LogP contribution in [0.25, 0.3) is 0 Å². The molecule has 0 aliphatic carbocycles. The Hall–Kier alpha value is -2.13. The molecule has 0 saturated carbocycles. The van der Waals surface area contributed by atoms with Crippen LogP contribution in [0, 0.1) is 0 Å². The van der Waals surface area contributed by atoms with Crippen molar-refractivity contribution in [3.63, 3.8) is 0 Å². The van der Waals surface area contributed by atoms with Gasteiger partial charge in [-0.2, -0.15) is 0 Å². The standard InChI is InChI=1S/C22H30N4O2.HI/c1-5-23-22(25-15-19-8-6-7-9-20(19)16-28-4)24-14-17-10-12-18(13-11-17)21(27)26(2)3;/h6-13H,5,14-16H2,1-4H3,(H2,23,24,25);1H. The van der Waals surface area contributed by atoms with Crippen molar-refractivity contribution in [3.8, 4) is 0 Å². The summed E-state index contributed by atoms with van der Waals surface area (Å²) >= 11 is 0. The zero-order valence-corrected chi connectivity index (χ0v) is 19.9. The van der Waals surface area contributed by atoms with Gasteiger partial charge in [0.05, 0.1) is 13.2 Å². The number of rotatable bonds is 8. The van der Waals surface area contributed by atoms with Crippen LogP contribution in [-0.4, -0.2) is 44.5 Å². The molecule has 6 nitrogen and oxygen atoms in total. The van der Waals surface area contributed by atoms with Gasteiger partial charge >= 0.3 is 0 Å².